The number of nitrogens with zero attached hydrogens (tertiary/aromatic N) is 1. The van der Waals surface area contributed by atoms with Crippen LogP contribution in [0.3, 0.4) is 0 Å². The zero-order valence-electron chi connectivity index (χ0n) is 13.1. The maximum Gasteiger partial charge on any atom is 0.334 e. The van der Waals surface area contributed by atoms with Gasteiger partial charge in [-0.05, 0) is 19.3 Å². The van der Waals surface area contributed by atoms with Crippen LogP contribution in [-0.2, 0) is 9.53 Å². The van der Waals surface area contributed by atoms with E-state index in [0.29, 0.717) is 6.73 Å². The molecule has 0 heterocycles. The molecule has 112 valence electrons. The van der Waals surface area contributed by atoms with Crippen LogP contribution in [0.2, 0.25) is 0 Å². The Labute approximate surface area is 119 Å². The molecule has 0 bridgehead atoms. The number of hydrogen-bond acceptors (Lipinski definition) is 2. The van der Waals surface area contributed by atoms with Crippen molar-refractivity contribution in [2.75, 3.05) is 26.4 Å². The van der Waals surface area contributed by atoms with Gasteiger partial charge in [-0.15, -0.1) is 0 Å². The lowest BCUT2D eigenvalue weighted by Crippen LogP contribution is -2.51. The molecule has 0 amide bonds. The van der Waals surface area contributed by atoms with Crippen molar-refractivity contribution >= 4 is 5.97 Å². The maximum absolute atomic E-state index is 11.3. The minimum Gasteiger partial charge on any atom is -0.412 e. The fraction of sp³-hybridized carbons (Fsp3) is 0.812. The predicted octanol–water partition coefficient (Wildman–Crippen LogP) is 3.89. The minimum absolute atomic E-state index is 0.299. The number of carbonyl (C=O) groups is 1. The van der Waals surface area contributed by atoms with Crippen LogP contribution in [-0.4, -0.2) is 36.8 Å². The molecule has 0 aromatic heterocycles. The third kappa shape index (κ3) is 8.04. The third-order valence-corrected chi connectivity index (χ3v) is 3.61. The summed E-state index contributed by atoms with van der Waals surface area (Å²) in [6.07, 6.45) is 8.40. The molecule has 0 aliphatic carbocycles. The van der Waals surface area contributed by atoms with Crippen molar-refractivity contribution in [1.82, 2.24) is 0 Å². The molecule has 0 rings (SSSR count). The molecular weight excluding hydrogens is 238 g/mol. The second kappa shape index (κ2) is 11.0. The van der Waals surface area contributed by atoms with Gasteiger partial charge in [0.05, 0.1) is 19.6 Å². The first kappa shape index (κ1) is 18.2. The molecule has 0 unspecified atom stereocenters. The van der Waals surface area contributed by atoms with Crippen LogP contribution in [0.5, 0.6) is 0 Å². The molecule has 0 aromatic rings. The van der Waals surface area contributed by atoms with Crippen molar-refractivity contribution < 1.29 is 14.0 Å². The molecule has 3 heteroatoms. The van der Waals surface area contributed by atoms with Crippen LogP contribution in [0.25, 0.3) is 0 Å². The summed E-state index contributed by atoms with van der Waals surface area (Å²) < 4.78 is 6.29. The van der Waals surface area contributed by atoms with Crippen LogP contribution in [0.4, 0.5) is 0 Å². The highest BCUT2D eigenvalue weighted by molar-refractivity contribution is 5.81. The van der Waals surface area contributed by atoms with E-state index in [2.05, 4.69) is 27.4 Å². The lowest BCUT2D eigenvalue weighted by Gasteiger charge is -2.38. The third-order valence-electron chi connectivity index (χ3n) is 3.61. The van der Waals surface area contributed by atoms with E-state index < -0.39 is 0 Å². The number of unbranched alkanes of at least 4 members (excludes halogenated alkanes) is 3. The average Bonchev–Trinajstić information content (AvgIpc) is 2.45. The van der Waals surface area contributed by atoms with Gasteiger partial charge in [-0.1, -0.05) is 46.6 Å². The largest absolute Gasteiger partial charge is 0.412 e. The highest BCUT2D eigenvalue weighted by atomic mass is 16.5. The van der Waals surface area contributed by atoms with Crippen molar-refractivity contribution in [2.24, 2.45) is 0 Å². The highest BCUT2D eigenvalue weighted by Crippen LogP contribution is 2.15. The lowest BCUT2D eigenvalue weighted by molar-refractivity contribution is -0.944. The van der Waals surface area contributed by atoms with E-state index in [9.17, 15) is 4.79 Å². The fourth-order valence-electron chi connectivity index (χ4n) is 2.27. The standard InChI is InChI=1S/C16H32NO2/c1-5-9-12-17(13-10-6-2,14-11-7-3)15-19-16(18)8-4/h8H,4-7,9-15H2,1-3H3/q+1. The molecule has 0 N–H and O–H groups in total. The van der Waals surface area contributed by atoms with Gasteiger partial charge in [0.25, 0.3) is 0 Å². The summed E-state index contributed by atoms with van der Waals surface area (Å²) >= 11 is 0. The summed E-state index contributed by atoms with van der Waals surface area (Å²) in [6.45, 7) is 13.9. The highest BCUT2D eigenvalue weighted by Gasteiger charge is 2.27. The van der Waals surface area contributed by atoms with E-state index in [1.54, 1.807) is 0 Å². The van der Waals surface area contributed by atoms with E-state index in [-0.39, 0.29) is 5.97 Å². The Bertz CT molecular complexity index is 229. The second-order valence-corrected chi connectivity index (χ2v) is 5.37. The Morgan fingerprint density at radius 2 is 1.42 bits per heavy atom. The number of esters is 1. The summed E-state index contributed by atoms with van der Waals surface area (Å²) in [6, 6.07) is 0. The monoisotopic (exact) mass is 270 g/mol. The quantitative estimate of drug-likeness (QED) is 0.233. The maximum atomic E-state index is 11.3. The molecule has 0 fully saturated rings. The summed E-state index contributed by atoms with van der Waals surface area (Å²) in [5.74, 6) is -0.299. The molecule has 19 heavy (non-hydrogen) atoms. The van der Waals surface area contributed by atoms with Crippen molar-refractivity contribution in [2.45, 2.75) is 59.3 Å². The van der Waals surface area contributed by atoms with Crippen molar-refractivity contribution in [1.29, 1.82) is 0 Å². The van der Waals surface area contributed by atoms with Crippen molar-refractivity contribution in [3.8, 4) is 0 Å². The van der Waals surface area contributed by atoms with Crippen LogP contribution in [0.1, 0.15) is 59.3 Å². The summed E-state index contributed by atoms with van der Waals surface area (Å²) in [4.78, 5) is 11.3. The van der Waals surface area contributed by atoms with Gasteiger partial charge in [-0.2, -0.15) is 0 Å². The first-order valence-corrected chi connectivity index (χ1v) is 7.78. The smallest absolute Gasteiger partial charge is 0.334 e. The van der Waals surface area contributed by atoms with Crippen molar-refractivity contribution in [3.05, 3.63) is 12.7 Å². The predicted molar refractivity (Wildman–Crippen MR) is 80.7 cm³/mol. The Morgan fingerprint density at radius 1 is 1.00 bits per heavy atom. The van der Waals surface area contributed by atoms with Crippen LogP contribution < -0.4 is 0 Å². The Hall–Kier alpha value is -0.830. The zero-order valence-corrected chi connectivity index (χ0v) is 13.1. The average molecular weight is 270 g/mol. The van der Waals surface area contributed by atoms with Gasteiger partial charge >= 0.3 is 5.97 Å². The molecular formula is C16H32NO2+. The SMILES string of the molecule is C=CC(=O)OC[N+](CCCC)(CCCC)CCCC. The van der Waals surface area contributed by atoms with E-state index in [0.717, 1.165) is 24.1 Å². The molecule has 0 aliphatic rings. The lowest BCUT2D eigenvalue weighted by atomic mass is 10.2. The zero-order chi connectivity index (χ0) is 14.6. The molecule has 0 aromatic carbocycles. The molecule has 0 radical (unpaired) electrons. The minimum atomic E-state index is -0.299. The van der Waals surface area contributed by atoms with Crippen LogP contribution in [0, 0.1) is 0 Å². The van der Waals surface area contributed by atoms with Gasteiger partial charge in [-0.3, -0.25) is 4.48 Å². The summed E-state index contributed by atoms with van der Waals surface area (Å²) in [5.41, 5.74) is 0. The topological polar surface area (TPSA) is 26.3 Å². The number of rotatable bonds is 12. The van der Waals surface area contributed by atoms with E-state index in [4.69, 9.17) is 4.74 Å². The van der Waals surface area contributed by atoms with Crippen molar-refractivity contribution in [3.63, 3.8) is 0 Å². The molecule has 0 atom stereocenters. The number of quaternary nitrogens is 1. The van der Waals surface area contributed by atoms with Gasteiger partial charge in [-0.25, -0.2) is 4.79 Å². The number of hydrogen-bond donors (Lipinski definition) is 0. The Morgan fingerprint density at radius 3 is 1.74 bits per heavy atom. The van der Waals surface area contributed by atoms with E-state index in [1.807, 2.05) is 0 Å². The fourth-order valence-corrected chi connectivity index (χ4v) is 2.27. The van der Waals surface area contributed by atoms with Gasteiger partial charge < -0.3 is 4.74 Å². The van der Waals surface area contributed by atoms with E-state index in [1.165, 1.54) is 44.6 Å². The first-order chi connectivity index (χ1) is 9.14. The van der Waals surface area contributed by atoms with Crippen LogP contribution >= 0.6 is 0 Å². The number of carbonyl (C=O) groups excluding carboxylic acids is 1. The van der Waals surface area contributed by atoms with Gasteiger partial charge in [0.2, 0.25) is 6.73 Å². The summed E-state index contributed by atoms with van der Waals surface area (Å²) in [5, 5.41) is 0. The first-order valence-electron chi connectivity index (χ1n) is 7.78. The van der Waals surface area contributed by atoms with Gasteiger partial charge in [0.15, 0.2) is 0 Å². The van der Waals surface area contributed by atoms with Gasteiger partial charge in [0, 0.05) is 6.08 Å². The molecule has 0 saturated carbocycles. The summed E-state index contributed by atoms with van der Waals surface area (Å²) in [7, 11) is 0. The number of ether oxygens (including phenoxy) is 1. The van der Waals surface area contributed by atoms with E-state index >= 15 is 0 Å². The Kier molecular flexibility index (Phi) is 10.6. The van der Waals surface area contributed by atoms with Crippen LogP contribution in [0.15, 0.2) is 12.7 Å². The normalized spacial score (nSPS) is 11.3. The Balaban J connectivity index is 4.64. The molecule has 0 saturated heterocycles. The van der Waals surface area contributed by atoms with Gasteiger partial charge in [0.1, 0.15) is 0 Å². The molecule has 0 aliphatic heterocycles. The molecule has 0 spiro atoms. The molecule has 3 nitrogen and oxygen atoms in total. The second-order valence-electron chi connectivity index (χ2n) is 5.37.